The van der Waals surface area contributed by atoms with Gasteiger partial charge in [-0.15, -0.1) is 0 Å². The summed E-state index contributed by atoms with van der Waals surface area (Å²) in [4.78, 5) is 0. The first-order valence-electron chi connectivity index (χ1n) is 0.882. The molecule has 4 radical (unpaired) electrons. The van der Waals surface area contributed by atoms with Crippen LogP contribution in [0.4, 0.5) is 0 Å². The van der Waals surface area contributed by atoms with E-state index < -0.39 is 0 Å². The monoisotopic (exact) mass is 164 g/mol. The smallest absolute Gasteiger partial charge is 0.0948 e. The second-order valence-corrected chi connectivity index (χ2v) is 1.90. The fourth-order valence-electron chi connectivity index (χ4n) is 0. The summed E-state index contributed by atoms with van der Waals surface area (Å²) in [6.07, 6.45) is 0. The summed E-state index contributed by atoms with van der Waals surface area (Å²) in [7, 11) is 10.3. The van der Waals surface area contributed by atoms with E-state index in [1.807, 2.05) is 0 Å². The molecular weight excluding hydrogens is 160 g/mol. The van der Waals surface area contributed by atoms with Crippen molar-refractivity contribution < 1.29 is 0 Å². The molecule has 0 aromatic heterocycles. The largest absolute Gasteiger partial charge is 0.167 e. The average Bonchev–Trinajstić information content (AvgIpc) is 1.39. The standard InChI is InChI=1S/CH4.2BPS/c;2*1-2-3/h1H4;;. The predicted octanol–water partition coefficient (Wildman–Crippen LogP) is 1.59. The molecule has 0 fully saturated rings. The molecule has 0 aromatic rings. The Labute approximate surface area is 60.9 Å². The lowest BCUT2D eigenvalue weighted by molar-refractivity contribution is 2.50. The van der Waals surface area contributed by atoms with Crippen LogP contribution < -0.4 is 0 Å². The minimum Gasteiger partial charge on any atom is -0.0948 e. The summed E-state index contributed by atoms with van der Waals surface area (Å²) in [5.41, 5.74) is 0. The normalized spacial score (nSPS) is 5.71. The Hall–Kier alpha value is 1.17. The lowest BCUT2D eigenvalue weighted by Crippen LogP contribution is -1.07. The molecule has 0 saturated carbocycles. The minimum absolute atomic E-state index is 0. The summed E-state index contributed by atoms with van der Waals surface area (Å²) in [6.45, 7) is 0. The van der Waals surface area contributed by atoms with E-state index in [2.05, 4.69) is 38.7 Å². The van der Waals surface area contributed by atoms with Crippen molar-refractivity contribution in [2.24, 2.45) is 0 Å². The van der Waals surface area contributed by atoms with Crippen molar-refractivity contribution in [1.29, 1.82) is 0 Å². The topological polar surface area (TPSA) is 0 Å². The van der Waals surface area contributed by atoms with Crippen LogP contribution in [0.15, 0.2) is 0 Å². The van der Waals surface area contributed by atoms with E-state index in [-0.39, 0.29) is 7.43 Å². The van der Waals surface area contributed by atoms with E-state index in [4.69, 9.17) is 0 Å². The molecule has 0 nitrogen and oxygen atoms in total. The van der Waals surface area contributed by atoms with Gasteiger partial charge < -0.3 is 0 Å². The zero-order valence-electron chi connectivity index (χ0n) is 2.87. The second kappa shape index (κ2) is 27.2. The van der Waals surface area contributed by atoms with Gasteiger partial charge in [0, 0.05) is 0 Å². The summed E-state index contributed by atoms with van der Waals surface area (Å²) >= 11 is 8.29. The van der Waals surface area contributed by atoms with E-state index in [0.29, 0.717) is 14.5 Å². The highest BCUT2D eigenvalue weighted by atomic mass is 32.4. The lowest BCUT2D eigenvalue weighted by Gasteiger charge is -1.24. The summed E-state index contributed by atoms with van der Waals surface area (Å²) in [5.74, 6) is 0. The van der Waals surface area contributed by atoms with E-state index in [1.165, 1.54) is 0 Å². The Morgan fingerprint density at radius 3 is 1.00 bits per heavy atom. The van der Waals surface area contributed by atoms with Crippen molar-refractivity contribution in [1.82, 2.24) is 0 Å². The van der Waals surface area contributed by atoms with Crippen LogP contribution >= 0.6 is 14.5 Å². The van der Waals surface area contributed by atoms with Gasteiger partial charge in [0.2, 0.25) is 0 Å². The van der Waals surface area contributed by atoms with Gasteiger partial charge in [-0.25, -0.2) is 0 Å². The summed E-state index contributed by atoms with van der Waals surface area (Å²) in [6, 6.07) is 0. The molecular formula is CH4B2P2S2. The van der Waals surface area contributed by atoms with Crippen molar-refractivity contribution >= 4 is 53.2 Å². The van der Waals surface area contributed by atoms with Gasteiger partial charge in [0.15, 0.2) is 15.1 Å². The number of rotatable bonds is 0. The van der Waals surface area contributed by atoms with Crippen molar-refractivity contribution in [2.75, 3.05) is 0 Å². The van der Waals surface area contributed by atoms with Crippen molar-refractivity contribution in [2.45, 2.75) is 7.43 Å². The average molecular weight is 164 g/mol. The van der Waals surface area contributed by atoms with Gasteiger partial charge in [0.1, 0.15) is 0 Å². The zero-order chi connectivity index (χ0) is 5.41. The Kier molecular flexibility index (Phi) is 61.0. The molecule has 0 unspecified atom stereocenters. The fourth-order valence-corrected chi connectivity index (χ4v) is 0. The quantitative estimate of drug-likeness (QED) is 0.393. The molecule has 0 aromatic carbocycles. The highest BCUT2D eigenvalue weighted by Gasteiger charge is 1.23. The molecule has 0 aliphatic heterocycles. The molecule has 0 bridgehead atoms. The van der Waals surface area contributed by atoms with Gasteiger partial charge >= 0.3 is 0 Å². The molecule has 0 rings (SSSR count). The van der Waals surface area contributed by atoms with Crippen LogP contribution in [-0.4, -0.2) is 15.1 Å². The Bertz CT molecular complexity index is 34.7. The van der Waals surface area contributed by atoms with Gasteiger partial charge in [-0.3, -0.25) is 0 Å². The lowest BCUT2D eigenvalue weighted by atomic mass is 10.8. The third kappa shape index (κ3) is 140. The molecule has 0 saturated heterocycles. The fraction of sp³-hybridized carbons (Fsp3) is 1.00. The molecule has 36 valence electrons. The van der Waals surface area contributed by atoms with E-state index >= 15 is 0 Å². The van der Waals surface area contributed by atoms with Gasteiger partial charge in [-0.1, -0.05) is 45.5 Å². The van der Waals surface area contributed by atoms with Crippen LogP contribution in [0.2, 0.25) is 0 Å². The van der Waals surface area contributed by atoms with Gasteiger partial charge in [-0.05, 0) is 0 Å². The molecule has 0 aliphatic rings. The van der Waals surface area contributed by atoms with E-state index in [1.54, 1.807) is 0 Å². The molecule has 0 amide bonds. The maximum atomic E-state index is 4.63. The summed E-state index contributed by atoms with van der Waals surface area (Å²) in [5, 5.41) is 0. The first-order valence-corrected chi connectivity index (χ1v) is 4.84. The molecule has 0 aliphatic carbocycles. The van der Waals surface area contributed by atoms with Crippen LogP contribution in [0.5, 0.6) is 0 Å². The predicted molar refractivity (Wildman–Crippen MR) is 46.8 cm³/mol. The van der Waals surface area contributed by atoms with Gasteiger partial charge in [0.25, 0.3) is 0 Å². The number of hydrogen-bond donors (Lipinski definition) is 0. The van der Waals surface area contributed by atoms with Gasteiger partial charge in [0.05, 0.1) is 0 Å². The maximum absolute atomic E-state index is 4.63. The maximum Gasteiger partial charge on any atom is 0.167 e. The third-order valence-electron chi connectivity index (χ3n) is 0. The Morgan fingerprint density at radius 1 is 1.00 bits per heavy atom. The molecule has 0 heterocycles. The van der Waals surface area contributed by atoms with Crippen LogP contribution in [-0.2, 0) is 23.6 Å². The Morgan fingerprint density at radius 2 is 1.00 bits per heavy atom. The first kappa shape index (κ1) is 15.7. The first-order chi connectivity index (χ1) is 2.83. The summed E-state index contributed by atoms with van der Waals surface area (Å²) < 4.78 is 0. The minimum atomic E-state index is 0. The molecule has 0 N–H and O–H groups in total. The molecule has 7 heavy (non-hydrogen) atoms. The van der Waals surface area contributed by atoms with Crippen LogP contribution in [0.25, 0.3) is 0 Å². The zero-order valence-corrected chi connectivity index (χ0v) is 6.29. The van der Waals surface area contributed by atoms with Gasteiger partial charge in [-0.2, -0.15) is 0 Å². The second-order valence-electron chi connectivity index (χ2n) is 0.211. The van der Waals surface area contributed by atoms with Crippen molar-refractivity contribution in [3.8, 4) is 0 Å². The van der Waals surface area contributed by atoms with Crippen LogP contribution in [0.1, 0.15) is 7.43 Å². The van der Waals surface area contributed by atoms with Crippen LogP contribution in [0, 0.1) is 0 Å². The highest BCUT2D eigenvalue weighted by Crippen LogP contribution is 1.66. The number of hydrogen-bond acceptors (Lipinski definition) is 2. The van der Waals surface area contributed by atoms with Crippen LogP contribution in [0.3, 0.4) is 0 Å². The molecule has 6 heteroatoms. The van der Waals surface area contributed by atoms with Crippen molar-refractivity contribution in [3.05, 3.63) is 0 Å². The third-order valence-corrected chi connectivity index (χ3v) is 0. The Balaban J connectivity index is -0.0000000400. The SMILES string of the molecule is C.[B]P=S.[B]P=S. The molecule has 0 atom stereocenters. The van der Waals surface area contributed by atoms with E-state index in [0.717, 1.165) is 0 Å². The highest BCUT2D eigenvalue weighted by molar-refractivity contribution is 8.07. The van der Waals surface area contributed by atoms with Crippen molar-refractivity contribution in [3.63, 3.8) is 0 Å². The molecule has 0 spiro atoms. The van der Waals surface area contributed by atoms with E-state index in [9.17, 15) is 0 Å².